The van der Waals surface area contributed by atoms with E-state index in [0.29, 0.717) is 22.1 Å². The Morgan fingerprint density at radius 1 is 1.23 bits per heavy atom. The predicted octanol–water partition coefficient (Wildman–Crippen LogP) is 3.09. The predicted molar refractivity (Wildman–Crippen MR) is 97.7 cm³/mol. The first kappa shape index (κ1) is 17.9. The summed E-state index contributed by atoms with van der Waals surface area (Å²) in [6, 6.07) is 10.3. The van der Waals surface area contributed by atoms with Crippen LogP contribution in [0.2, 0.25) is 5.02 Å². The van der Waals surface area contributed by atoms with Crippen LogP contribution in [0.1, 0.15) is 16.8 Å². The highest BCUT2D eigenvalue weighted by Gasteiger charge is 2.10. The standard InChI is InChI=1S/C19H17ClN2O4/c1-12-5-6-15(20)16(8-12)25-11-18(24)26-10-14-9-17(23)22-7-3-4-13(2)19(22)21-14/h3-9H,10-11H2,1-2H3. The SMILES string of the molecule is Cc1ccc(Cl)c(OCC(=O)OCc2cc(=O)n3cccc(C)c3n2)c1. The molecule has 0 N–H and O–H groups in total. The van der Waals surface area contributed by atoms with Crippen LogP contribution in [0.5, 0.6) is 5.75 Å². The summed E-state index contributed by atoms with van der Waals surface area (Å²) in [6.07, 6.45) is 1.65. The molecule has 0 unspecified atom stereocenters. The molecule has 0 fully saturated rings. The molecule has 0 saturated carbocycles. The zero-order chi connectivity index (χ0) is 18.7. The average molecular weight is 373 g/mol. The van der Waals surface area contributed by atoms with Crippen molar-refractivity contribution < 1.29 is 14.3 Å². The van der Waals surface area contributed by atoms with Gasteiger partial charge in [0.15, 0.2) is 6.61 Å². The van der Waals surface area contributed by atoms with E-state index in [9.17, 15) is 9.59 Å². The molecule has 0 atom stereocenters. The van der Waals surface area contributed by atoms with E-state index in [4.69, 9.17) is 21.1 Å². The van der Waals surface area contributed by atoms with Crippen LogP contribution in [0.15, 0.2) is 47.4 Å². The molecule has 134 valence electrons. The van der Waals surface area contributed by atoms with Crippen LogP contribution < -0.4 is 10.3 Å². The highest BCUT2D eigenvalue weighted by atomic mass is 35.5. The molecule has 0 saturated heterocycles. The summed E-state index contributed by atoms with van der Waals surface area (Å²) < 4.78 is 12.0. The first-order chi connectivity index (χ1) is 12.4. The van der Waals surface area contributed by atoms with E-state index in [0.717, 1.165) is 11.1 Å². The molecule has 1 aromatic carbocycles. The number of aromatic nitrogens is 2. The fraction of sp³-hybridized carbons (Fsp3) is 0.211. The van der Waals surface area contributed by atoms with Crippen LogP contribution in [0, 0.1) is 13.8 Å². The third kappa shape index (κ3) is 4.03. The van der Waals surface area contributed by atoms with Crippen molar-refractivity contribution in [1.82, 2.24) is 9.38 Å². The zero-order valence-electron chi connectivity index (χ0n) is 14.4. The molecule has 0 aliphatic carbocycles. The van der Waals surface area contributed by atoms with Crippen molar-refractivity contribution in [2.24, 2.45) is 0 Å². The number of hydrogen-bond donors (Lipinski definition) is 0. The zero-order valence-corrected chi connectivity index (χ0v) is 15.1. The number of carbonyl (C=O) groups excluding carboxylic acids is 1. The van der Waals surface area contributed by atoms with Crippen molar-refractivity contribution in [2.75, 3.05) is 6.61 Å². The maximum atomic E-state index is 12.1. The third-order valence-electron chi connectivity index (χ3n) is 3.75. The number of benzene rings is 1. The van der Waals surface area contributed by atoms with Crippen molar-refractivity contribution in [3.63, 3.8) is 0 Å². The molecule has 2 heterocycles. The maximum Gasteiger partial charge on any atom is 0.344 e. The van der Waals surface area contributed by atoms with Gasteiger partial charge >= 0.3 is 5.97 Å². The number of aryl methyl sites for hydroxylation is 2. The molecule has 7 heteroatoms. The lowest BCUT2D eigenvalue weighted by Crippen LogP contribution is -2.19. The van der Waals surface area contributed by atoms with E-state index < -0.39 is 5.97 Å². The lowest BCUT2D eigenvalue weighted by atomic mass is 10.2. The average Bonchev–Trinajstić information content (AvgIpc) is 2.61. The van der Waals surface area contributed by atoms with Crippen molar-refractivity contribution in [3.05, 3.63) is 74.8 Å². The van der Waals surface area contributed by atoms with Gasteiger partial charge in [-0.25, -0.2) is 9.78 Å². The summed E-state index contributed by atoms with van der Waals surface area (Å²) in [5, 5.41) is 0.420. The molecule has 0 aliphatic rings. The van der Waals surface area contributed by atoms with Gasteiger partial charge < -0.3 is 9.47 Å². The largest absolute Gasteiger partial charge is 0.480 e. The number of esters is 1. The summed E-state index contributed by atoms with van der Waals surface area (Å²) in [6.45, 7) is 3.36. The minimum Gasteiger partial charge on any atom is -0.480 e. The monoisotopic (exact) mass is 372 g/mol. The Labute approximate surface area is 155 Å². The van der Waals surface area contributed by atoms with Gasteiger partial charge in [0.2, 0.25) is 0 Å². The number of hydrogen-bond acceptors (Lipinski definition) is 5. The number of carbonyl (C=O) groups is 1. The second-order valence-electron chi connectivity index (χ2n) is 5.85. The Morgan fingerprint density at radius 3 is 2.85 bits per heavy atom. The second-order valence-corrected chi connectivity index (χ2v) is 6.26. The Kier molecular flexibility index (Phi) is 5.23. The summed E-state index contributed by atoms with van der Waals surface area (Å²) in [5.74, 6) is -0.157. The van der Waals surface area contributed by atoms with Crippen LogP contribution in [0.4, 0.5) is 0 Å². The molecule has 2 aromatic heterocycles. The number of rotatable bonds is 5. The first-order valence-corrected chi connectivity index (χ1v) is 8.34. The number of ether oxygens (including phenoxy) is 2. The van der Waals surface area contributed by atoms with Gasteiger partial charge in [0, 0.05) is 12.3 Å². The van der Waals surface area contributed by atoms with Gasteiger partial charge in [-0.05, 0) is 43.2 Å². The lowest BCUT2D eigenvalue weighted by molar-refractivity contribution is -0.147. The van der Waals surface area contributed by atoms with Crippen LogP contribution in [-0.4, -0.2) is 22.0 Å². The topological polar surface area (TPSA) is 69.9 Å². The van der Waals surface area contributed by atoms with E-state index >= 15 is 0 Å². The molecule has 0 spiro atoms. The van der Waals surface area contributed by atoms with E-state index in [-0.39, 0.29) is 18.8 Å². The number of pyridine rings is 1. The Balaban J connectivity index is 1.64. The fourth-order valence-electron chi connectivity index (χ4n) is 2.44. The molecular formula is C19H17ClN2O4. The van der Waals surface area contributed by atoms with Gasteiger partial charge in [0.1, 0.15) is 18.0 Å². The number of fused-ring (bicyclic) bond motifs is 1. The molecule has 0 amide bonds. The summed E-state index contributed by atoms with van der Waals surface area (Å²) in [7, 11) is 0. The first-order valence-electron chi connectivity index (χ1n) is 7.96. The van der Waals surface area contributed by atoms with Gasteiger partial charge in [-0.2, -0.15) is 0 Å². The number of nitrogens with zero attached hydrogens (tertiary/aromatic N) is 2. The van der Waals surface area contributed by atoms with Crippen molar-refractivity contribution in [3.8, 4) is 5.75 Å². The van der Waals surface area contributed by atoms with E-state index in [2.05, 4.69) is 4.98 Å². The van der Waals surface area contributed by atoms with E-state index in [1.807, 2.05) is 26.0 Å². The molecule has 3 aromatic rings. The van der Waals surface area contributed by atoms with E-state index in [1.165, 1.54) is 10.5 Å². The van der Waals surface area contributed by atoms with Gasteiger partial charge in [0.25, 0.3) is 5.56 Å². The minimum absolute atomic E-state index is 0.107. The minimum atomic E-state index is -0.575. The van der Waals surface area contributed by atoms with Crippen molar-refractivity contribution in [2.45, 2.75) is 20.5 Å². The molecule has 0 radical (unpaired) electrons. The Bertz CT molecular complexity index is 1030. The smallest absolute Gasteiger partial charge is 0.344 e. The summed E-state index contributed by atoms with van der Waals surface area (Å²) in [5.41, 5.74) is 2.51. The molecule has 0 bridgehead atoms. The second kappa shape index (κ2) is 7.58. The molecule has 26 heavy (non-hydrogen) atoms. The maximum absolute atomic E-state index is 12.1. The summed E-state index contributed by atoms with van der Waals surface area (Å²) in [4.78, 5) is 28.4. The van der Waals surface area contributed by atoms with Gasteiger partial charge in [-0.1, -0.05) is 23.7 Å². The van der Waals surface area contributed by atoms with Crippen LogP contribution in [0.3, 0.4) is 0 Å². The molecular weight excluding hydrogens is 356 g/mol. The molecule has 0 aliphatic heterocycles. The Hall–Kier alpha value is -2.86. The van der Waals surface area contributed by atoms with Crippen LogP contribution in [0.25, 0.3) is 5.65 Å². The lowest BCUT2D eigenvalue weighted by Gasteiger charge is -2.09. The molecule has 6 nitrogen and oxygen atoms in total. The highest BCUT2D eigenvalue weighted by Crippen LogP contribution is 2.25. The quantitative estimate of drug-likeness (QED) is 0.644. The normalized spacial score (nSPS) is 10.7. The van der Waals surface area contributed by atoms with Gasteiger partial charge in [-0.3, -0.25) is 9.20 Å². The van der Waals surface area contributed by atoms with E-state index in [1.54, 1.807) is 24.4 Å². The van der Waals surface area contributed by atoms with Gasteiger partial charge in [-0.15, -0.1) is 0 Å². The van der Waals surface area contributed by atoms with Gasteiger partial charge in [0.05, 0.1) is 10.7 Å². The van der Waals surface area contributed by atoms with Crippen molar-refractivity contribution >= 4 is 23.2 Å². The summed E-state index contributed by atoms with van der Waals surface area (Å²) >= 11 is 6.02. The van der Waals surface area contributed by atoms with Crippen LogP contribution in [-0.2, 0) is 16.1 Å². The van der Waals surface area contributed by atoms with Crippen molar-refractivity contribution in [1.29, 1.82) is 0 Å². The molecule has 3 rings (SSSR count). The highest BCUT2D eigenvalue weighted by molar-refractivity contribution is 6.32. The third-order valence-corrected chi connectivity index (χ3v) is 4.06. The van der Waals surface area contributed by atoms with Crippen LogP contribution >= 0.6 is 11.6 Å². The number of halogens is 1. The Morgan fingerprint density at radius 2 is 2.04 bits per heavy atom. The fourth-order valence-corrected chi connectivity index (χ4v) is 2.61.